The first-order valence-electron chi connectivity index (χ1n) is 4.19. The standard InChI is InChI=1S/C11H6BrFOS/c12-10-6-15-5-9(10)7-1-2-8(4-14)11(13)3-7/h1-6H. The summed E-state index contributed by atoms with van der Waals surface area (Å²) in [6, 6.07) is 4.60. The van der Waals surface area contributed by atoms with Crippen LogP contribution >= 0.6 is 27.3 Å². The molecule has 0 saturated carbocycles. The van der Waals surface area contributed by atoms with Crippen LogP contribution in [0, 0.1) is 5.82 Å². The molecule has 0 aliphatic carbocycles. The van der Waals surface area contributed by atoms with Crippen LogP contribution in [0.2, 0.25) is 0 Å². The average molecular weight is 285 g/mol. The predicted octanol–water partition coefficient (Wildman–Crippen LogP) is 4.13. The zero-order valence-electron chi connectivity index (χ0n) is 7.54. The van der Waals surface area contributed by atoms with Crippen LogP contribution in [0.3, 0.4) is 0 Å². The van der Waals surface area contributed by atoms with Gasteiger partial charge >= 0.3 is 0 Å². The molecule has 0 radical (unpaired) electrons. The third-order valence-corrected chi connectivity index (χ3v) is 3.76. The molecule has 0 atom stereocenters. The van der Waals surface area contributed by atoms with Crippen molar-refractivity contribution >= 4 is 33.6 Å². The van der Waals surface area contributed by atoms with Crippen molar-refractivity contribution in [3.8, 4) is 11.1 Å². The first-order valence-corrected chi connectivity index (χ1v) is 5.92. The molecule has 0 aliphatic heterocycles. The van der Waals surface area contributed by atoms with E-state index in [1.165, 1.54) is 23.5 Å². The van der Waals surface area contributed by atoms with Gasteiger partial charge in [-0.3, -0.25) is 4.79 Å². The molecule has 2 aromatic rings. The van der Waals surface area contributed by atoms with Crippen molar-refractivity contribution in [3.05, 3.63) is 44.8 Å². The molecular weight excluding hydrogens is 279 g/mol. The molecule has 0 unspecified atom stereocenters. The normalized spacial score (nSPS) is 10.3. The van der Waals surface area contributed by atoms with Gasteiger partial charge in [-0.05, 0) is 39.0 Å². The molecule has 0 amide bonds. The number of hydrogen-bond donors (Lipinski definition) is 0. The number of aldehydes is 1. The van der Waals surface area contributed by atoms with E-state index in [2.05, 4.69) is 15.9 Å². The van der Waals surface area contributed by atoms with Gasteiger partial charge in [0.25, 0.3) is 0 Å². The maximum atomic E-state index is 13.3. The maximum absolute atomic E-state index is 13.3. The van der Waals surface area contributed by atoms with Gasteiger partial charge in [0.2, 0.25) is 0 Å². The molecule has 2 rings (SSSR count). The Morgan fingerprint density at radius 2 is 2.13 bits per heavy atom. The van der Waals surface area contributed by atoms with E-state index in [1.807, 2.05) is 10.8 Å². The van der Waals surface area contributed by atoms with Gasteiger partial charge in [-0.25, -0.2) is 4.39 Å². The molecule has 0 N–H and O–H groups in total. The van der Waals surface area contributed by atoms with Gasteiger partial charge in [-0.2, -0.15) is 11.3 Å². The Morgan fingerprint density at radius 3 is 2.67 bits per heavy atom. The highest BCUT2D eigenvalue weighted by molar-refractivity contribution is 9.10. The van der Waals surface area contributed by atoms with Gasteiger partial charge in [0.15, 0.2) is 6.29 Å². The Morgan fingerprint density at radius 1 is 1.33 bits per heavy atom. The highest BCUT2D eigenvalue weighted by Crippen LogP contribution is 2.32. The zero-order chi connectivity index (χ0) is 10.8. The number of benzene rings is 1. The Labute approximate surface area is 98.7 Å². The molecular formula is C11H6BrFOS. The highest BCUT2D eigenvalue weighted by atomic mass is 79.9. The Hall–Kier alpha value is -1.00. The van der Waals surface area contributed by atoms with E-state index in [4.69, 9.17) is 0 Å². The Balaban J connectivity index is 2.52. The highest BCUT2D eigenvalue weighted by Gasteiger charge is 2.07. The van der Waals surface area contributed by atoms with Crippen LogP contribution in [0.15, 0.2) is 33.4 Å². The molecule has 0 fully saturated rings. The Bertz CT molecular complexity index is 507. The zero-order valence-corrected chi connectivity index (χ0v) is 9.94. The number of hydrogen-bond acceptors (Lipinski definition) is 2. The lowest BCUT2D eigenvalue weighted by Gasteiger charge is -2.01. The van der Waals surface area contributed by atoms with E-state index in [1.54, 1.807) is 6.07 Å². The number of carbonyl (C=O) groups excluding carboxylic acids is 1. The Kier molecular flexibility index (Phi) is 2.98. The summed E-state index contributed by atoms with van der Waals surface area (Å²) in [6.45, 7) is 0. The van der Waals surface area contributed by atoms with Crippen molar-refractivity contribution in [1.29, 1.82) is 0 Å². The van der Waals surface area contributed by atoms with Gasteiger partial charge in [-0.1, -0.05) is 6.07 Å². The second kappa shape index (κ2) is 4.24. The quantitative estimate of drug-likeness (QED) is 0.758. The van der Waals surface area contributed by atoms with Crippen molar-refractivity contribution in [1.82, 2.24) is 0 Å². The molecule has 4 heteroatoms. The fourth-order valence-electron chi connectivity index (χ4n) is 1.28. The molecule has 0 saturated heterocycles. The average Bonchev–Trinajstić information content (AvgIpc) is 2.64. The second-order valence-corrected chi connectivity index (χ2v) is 4.59. The van der Waals surface area contributed by atoms with Crippen LogP contribution in [-0.4, -0.2) is 6.29 Å². The van der Waals surface area contributed by atoms with Gasteiger partial charge in [-0.15, -0.1) is 0 Å². The lowest BCUT2D eigenvalue weighted by molar-refractivity contribution is 0.112. The van der Waals surface area contributed by atoms with Crippen molar-refractivity contribution in [3.63, 3.8) is 0 Å². The summed E-state index contributed by atoms with van der Waals surface area (Å²) in [4.78, 5) is 10.4. The lowest BCUT2D eigenvalue weighted by atomic mass is 10.1. The van der Waals surface area contributed by atoms with E-state index < -0.39 is 5.82 Å². The number of rotatable bonds is 2. The van der Waals surface area contributed by atoms with Crippen molar-refractivity contribution in [2.45, 2.75) is 0 Å². The maximum Gasteiger partial charge on any atom is 0.152 e. The summed E-state index contributed by atoms with van der Waals surface area (Å²) >= 11 is 4.92. The van der Waals surface area contributed by atoms with E-state index >= 15 is 0 Å². The van der Waals surface area contributed by atoms with Gasteiger partial charge in [0.1, 0.15) is 5.82 Å². The van der Waals surface area contributed by atoms with Gasteiger partial charge < -0.3 is 0 Å². The summed E-state index contributed by atoms with van der Waals surface area (Å²) in [7, 11) is 0. The van der Waals surface area contributed by atoms with Crippen LogP contribution < -0.4 is 0 Å². The van der Waals surface area contributed by atoms with Crippen LogP contribution in [-0.2, 0) is 0 Å². The minimum atomic E-state index is -0.486. The van der Waals surface area contributed by atoms with E-state index in [0.29, 0.717) is 6.29 Å². The van der Waals surface area contributed by atoms with Gasteiger partial charge in [0.05, 0.1) is 5.56 Å². The third-order valence-electron chi connectivity index (χ3n) is 2.05. The largest absolute Gasteiger partial charge is 0.298 e. The van der Waals surface area contributed by atoms with E-state index in [0.717, 1.165) is 15.6 Å². The third kappa shape index (κ3) is 2.01. The molecule has 0 spiro atoms. The second-order valence-electron chi connectivity index (χ2n) is 2.99. The molecule has 1 heterocycles. The van der Waals surface area contributed by atoms with Crippen molar-refractivity contribution < 1.29 is 9.18 Å². The first kappa shape index (κ1) is 10.5. The van der Waals surface area contributed by atoms with Crippen molar-refractivity contribution in [2.75, 3.05) is 0 Å². The molecule has 15 heavy (non-hydrogen) atoms. The molecule has 76 valence electrons. The minimum Gasteiger partial charge on any atom is -0.298 e. The summed E-state index contributed by atoms with van der Waals surface area (Å²) in [5, 5.41) is 3.86. The van der Waals surface area contributed by atoms with Crippen LogP contribution in [0.1, 0.15) is 10.4 Å². The summed E-state index contributed by atoms with van der Waals surface area (Å²) in [6.07, 6.45) is 0.516. The number of halogens is 2. The summed E-state index contributed by atoms with van der Waals surface area (Å²) in [5.74, 6) is -0.486. The topological polar surface area (TPSA) is 17.1 Å². The van der Waals surface area contributed by atoms with Crippen LogP contribution in [0.4, 0.5) is 4.39 Å². The van der Waals surface area contributed by atoms with Crippen LogP contribution in [0.5, 0.6) is 0 Å². The van der Waals surface area contributed by atoms with Crippen LogP contribution in [0.25, 0.3) is 11.1 Å². The van der Waals surface area contributed by atoms with E-state index in [9.17, 15) is 9.18 Å². The molecule has 1 aromatic heterocycles. The molecule has 0 bridgehead atoms. The van der Waals surface area contributed by atoms with Gasteiger partial charge in [0, 0.05) is 15.4 Å². The lowest BCUT2D eigenvalue weighted by Crippen LogP contribution is -1.87. The SMILES string of the molecule is O=Cc1ccc(-c2cscc2Br)cc1F. The number of carbonyl (C=O) groups is 1. The predicted molar refractivity (Wildman–Crippen MR) is 62.8 cm³/mol. The smallest absolute Gasteiger partial charge is 0.152 e. The molecule has 1 aromatic carbocycles. The minimum absolute atomic E-state index is 0.0881. The van der Waals surface area contributed by atoms with E-state index in [-0.39, 0.29) is 5.56 Å². The summed E-state index contributed by atoms with van der Waals surface area (Å²) < 4.78 is 14.3. The number of thiophene rings is 1. The van der Waals surface area contributed by atoms with Crippen molar-refractivity contribution in [2.24, 2.45) is 0 Å². The summed E-state index contributed by atoms with van der Waals surface area (Å²) in [5.41, 5.74) is 1.80. The first-order chi connectivity index (χ1) is 7.22. The fourth-order valence-corrected chi connectivity index (χ4v) is 2.81. The molecule has 1 nitrogen and oxygen atoms in total. The monoisotopic (exact) mass is 284 g/mol. The fraction of sp³-hybridized carbons (Fsp3) is 0. The molecule has 0 aliphatic rings.